The Morgan fingerprint density at radius 3 is 2.36 bits per heavy atom. The van der Waals surface area contributed by atoms with Crippen LogP contribution in [0.25, 0.3) is 16.6 Å². The fourth-order valence-electron chi connectivity index (χ4n) is 5.67. The minimum absolute atomic E-state index is 0.0204. The third-order valence-electron chi connectivity index (χ3n) is 8.13. The normalized spacial score (nSPS) is 14.3. The Morgan fingerprint density at radius 2 is 1.62 bits per heavy atom. The van der Waals surface area contributed by atoms with Crippen molar-refractivity contribution in [3.05, 3.63) is 120 Å². The van der Waals surface area contributed by atoms with Crippen molar-refractivity contribution >= 4 is 39.9 Å². The molecule has 3 aromatic carbocycles. The summed E-state index contributed by atoms with van der Waals surface area (Å²) in [6, 6.07) is 23.2. The number of nitrogens with zero attached hydrogens (tertiary/aromatic N) is 6. The molecule has 1 saturated heterocycles. The summed E-state index contributed by atoms with van der Waals surface area (Å²) >= 11 is 0. The van der Waals surface area contributed by atoms with E-state index in [1.807, 2.05) is 60.4 Å². The molecule has 5 aromatic rings. The van der Waals surface area contributed by atoms with Gasteiger partial charge in [0, 0.05) is 31.9 Å². The molecule has 6 rings (SSSR count). The van der Waals surface area contributed by atoms with Crippen molar-refractivity contribution in [1.29, 1.82) is 0 Å². The minimum Gasteiger partial charge on any atom is -0.507 e. The maximum absolute atomic E-state index is 13.6. The van der Waals surface area contributed by atoms with Gasteiger partial charge in [-0.25, -0.2) is 9.78 Å². The van der Waals surface area contributed by atoms with E-state index in [2.05, 4.69) is 24.8 Å². The zero-order chi connectivity index (χ0) is 31.3. The number of aromatic hydroxyl groups is 1. The van der Waals surface area contributed by atoms with Crippen LogP contribution in [-0.4, -0.2) is 54.6 Å². The number of hydrogen-bond donors (Lipinski definition) is 2. The second-order valence-electron chi connectivity index (χ2n) is 11.1. The van der Waals surface area contributed by atoms with Gasteiger partial charge in [0.1, 0.15) is 22.7 Å². The molecule has 1 amide bonds. The number of azo groups is 1. The maximum atomic E-state index is 13.6. The summed E-state index contributed by atoms with van der Waals surface area (Å²) in [6.45, 7) is 4.28. The van der Waals surface area contributed by atoms with Gasteiger partial charge in [-0.2, -0.15) is 10.2 Å². The van der Waals surface area contributed by atoms with E-state index in [0.717, 1.165) is 52.9 Å². The maximum Gasteiger partial charge on any atom is 0.339 e. The van der Waals surface area contributed by atoms with E-state index in [1.165, 1.54) is 18.2 Å². The van der Waals surface area contributed by atoms with Crippen molar-refractivity contribution in [1.82, 2.24) is 19.4 Å². The molecule has 0 aliphatic carbocycles. The Kier molecular flexibility index (Phi) is 8.45. The number of amides is 1. The first-order valence-electron chi connectivity index (χ1n) is 14.8. The molecule has 0 spiro atoms. The number of carbonyl (C=O) groups excluding carboxylic acids is 1. The van der Waals surface area contributed by atoms with Gasteiger partial charge in [0.2, 0.25) is 5.91 Å². The molecule has 0 unspecified atom stereocenters. The molecule has 226 valence electrons. The van der Waals surface area contributed by atoms with E-state index in [-0.39, 0.29) is 17.2 Å². The van der Waals surface area contributed by atoms with E-state index in [1.54, 1.807) is 30.6 Å². The molecule has 2 aromatic heterocycles. The predicted octanol–water partition coefficient (Wildman–Crippen LogP) is 6.93. The fraction of sp³-hybridized carbons (Fsp3) is 0.200. The van der Waals surface area contributed by atoms with Gasteiger partial charge in [0.15, 0.2) is 0 Å². The zero-order valence-electron chi connectivity index (χ0n) is 24.7. The Labute approximate surface area is 260 Å². The molecule has 3 heterocycles. The summed E-state index contributed by atoms with van der Waals surface area (Å²) < 4.78 is 2.26. The number of likely N-dealkylation sites (tertiary alicyclic amines) is 1. The lowest BCUT2D eigenvalue weighted by Crippen LogP contribution is -2.38. The van der Waals surface area contributed by atoms with Crippen molar-refractivity contribution in [3.8, 4) is 5.75 Å². The van der Waals surface area contributed by atoms with Gasteiger partial charge in [0.25, 0.3) is 0 Å². The van der Waals surface area contributed by atoms with Crippen LogP contribution in [0.5, 0.6) is 5.75 Å². The standard InChI is InChI=1S/C35H32N6O4/c1-23-37-31-21-36-16-13-32(31)41(23)22-24-14-17-40(18-15-24)34(43)20-29(25-5-3-2-4-6-25)26-7-9-27(10-8-26)38-39-28-11-12-33(42)30(19-28)35(44)45/h2-13,16,19-21,24,42H,14-15,17-18,22H2,1H3,(H,44,45). The van der Waals surface area contributed by atoms with Gasteiger partial charge in [-0.3, -0.25) is 9.78 Å². The molecule has 0 radical (unpaired) electrons. The van der Waals surface area contributed by atoms with Crippen molar-refractivity contribution in [2.24, 2.45) is 16.1 Å². The van der Waals surface area contributed by atoms with Gasteiger partial charge < -0.3 is 19.7 Å². The highest BCUT2D eigenvalue weighted by Gasteiger charge is 2.24. The molecule has 0 saturated carbocycles. The smallest absolute Gasteiger partial charge is 0.339 e. The van der Waals surface area contributed by atoms with Gasteiger partial charge >= 0.3 is 5.97 Å². The number of benzene rings is 3. The Hall–Kier alpha value is -5.64. The Bertz CT molecular complexity index is 1910. The highest BCUT2D eigenvalue weighted by Crippen LogP contribution is 2.29. The summed E-state index contributed by atoms with van der Waals surface area (Å²) in [7, 11) is 0. The number of imidazole rings is 1. The number of carbonyl (C=O) groups is 2. The minimum atomic E-state index is -1.25. The van der Waals surface area contributed by atoms with Gasteiger partial charge in [-0.05, 0) is 78.8 Å². The third kappa shape index (κ3) is 6.65. The van der Waals surface area contributed by atoms with Crippen LogP contribution in [0.4, 0.5) is 11.4 Å². The second-order valence-corrected chi connectivity index (χ2v) is 11.1. The first kappa shape index (κ1) is 29.4. The lowest BCUT2D eigenvalue weighted by molar-refractivity contribution is -0.127. The van der Waals surface area contributed by atoms with E-state index in [0.29, 0.717) is 30.4 Å². The second kappa shape index (κ2) is 12.9. The number of hydrogen-bond acceptors (Lipinski definition) is 7. The summed E-state index contributed by atoms with van der Waals surface area (Å²) in [5, 5.41) is 27.3. The molecule has 2 N–H and O–H groups in total. The molecule has 10 nitrogen and oxygen atoms in total. The van der Waals surface area contributed by atoms with Crippen LogP contribution in [0.3, 0.4) is 0 Å². The molecule has 45 heavy (non-hydrogen) atoms. The van der Waals surface area contributed by atoms with Crippen molar-refractivity contribution in [2.45, 2.75) is 26.3 Å². The van der Waals surface area contributed by atoms with Crippen LogP contribution in [0.2, 0.25) is 0 Å². The first-order chi connectivity index (χ1) is 21.9. The summed E-state index contributed by atoms with van der Waals surface area (Å²) in [6.07, 6.45) is 7.14. The number of phenols is 1. The van der Waals surface area contributed by atoms with E-state index < -0.39 is 5.97 Å². The Balaban J connectivity index is 1.16. The molecule has 0 atom stereocenters. The van der Waals surface area contributed by atoms with Crippen molar-refractivity contribution < 1.29 is 19.8 Å². The topological polar surface area (TPSA) is 133 Å². The van der Waals surface area contributed by atoms with Crippen molar-refractivity contribution in [2.75, 3.05) is 13.1 Å². The summed E-state index contributed by atoms with van der Waals surface area (Å²) in [4.78, 5) is 35.6. The molecule has 1 aliphatic heterocycles. The van der Waals surface area contributed by atoms with Gasteiger partial charge in [-0.1, -0.05) is 42.5 Å². The molecule has 1 fully saturated rings. The number of aromatic nitrogens is 3. The van der Waals surface area contributed by atoms with Crippen LogP contribution in [0.15, 0.2) is 108 Å². The zero-order valence-corrected chi connectivity index (χ0v) is 24.7. The highest BCUT2D eigenvalue weighted by molar-refractivity contribution is 5.99. The quantitative estimate of drug-likeness (QED) is 0.147. The number of aromatic carboxylic acids is 1. The number of pyridine rings is 1. The van der Waals surface area contributed by atoms with E-state index >= 15 is 0 Å². The van der Waals surface area contributed by atoms with Gasteiger partial charge in [-0.15, -0.1) is 0 Å². The van der Waals surface area contributed by atoms with E-state index in [9.17, 15) is 19.8 Å². The number of carboxylic acids is 1. The summed E-state index contributed by atoms with van der Waals surface area (Å²) in [5.41, 5.74) is 5.22. The fourth-order valence-corrected chi connectivity index (χ4v) is 5.67. The number of piperidine rings is 1. The number of carboxylic acid groups (broad SMARTS) is 1. The number of fused-ring (bicyclic) bond motifs is 1. The SMILES string of the molecule is Cc1nc2cnccc2n1CC1CCN(C(=O)C=C(c2ccccc2)c2ccc(N=Nc3ccc(O)c(C(=O)O)c3)cc2)CC1. The highest BCUT2D eigenvalue weighted by atomic mass is 16.4. The molecule has 1 aliphatic rings. The average Bonchev–Trinajstić information content (AvgIpc) is 3.38. The van der Waals surface area contributed by atoms with Gasteiger partial charge in [0.05, 0.1) is 23.1 Å². The average molecular weight is 601 g/mol. The predicted molar refractivity (Wildman–Crippen MR) is 171 cm³/mol. The van der Waals surface area contributed by atoms with Crippen LogP contribution in [-0.2, 0) is 11.3 Å². The van der Waals surface area contributed by atoms with Crippen LogP contribution in [0, 0.1) is 12.8 Å². The third-order valence-corrected chi connectivity index (χ3v) is 8.13. The van der Waals surface area contributed by atoms with Crippen LogP contribution < -0.4 is 0 Å². The lowest BCUT2D eigenvalue weighted by Gasteiger charge is -2.32. The summed E-state index contributed by atoms with van der Waals surface area (Å²) in [5.74, 6) is -0.166. The van der Waals surface area contributed by atoms with Crippen LogP contribution in [0.1, 0.15) is 40.2 Å². The lowest BCUT2D eigenvalue weighted by atomic mass is 9.95. The Morgan fingerprint density at radius 1 is 0.933 bits per heavy atom. The largest absolute Gasteiger partial charge is 0.507 e. The molecular formula is C35H32N6O4. The molecular weight excluding hydrogens is 568 g/mol. The number of rotatable bonds is 8. The van der Waals surface area contributed by atoms with Crippen molar-refractivity contribution in [3.63, 3.8) is 0 Å². The van der Waals surface area contributed by atoms with E-state index in [4.69, 9.17) is 0 Å². The van der Waals surface area contributed by atoms with Crippen LogP contribution >= 0.6 is 0 Å². The molecule has 10 heteroatoms. The number of aryl methyl sites for hydroxylation is 1. The first-order valence-corrected chi connectivity index (χ1v) is 14.8. The molecule has 0 bridgehead atoms. The monoisotopic (exact) mass is 600 g/mol.